The fourth-order valence-electron chi connectivity index (χ4n) is 3.30. The van der Waals surface area contributed by atoms with Crippen molar-refractivity contribution in [2.75, 3.05) is 37.7 Å². The van der Waals surface area contributed by atoms with Gasteiger partial charge in [0, 0.05) is 36.7 Å². The average molecular weight is 416 g/mol. The predicted octanol–water partition coefficient (Wildman–Crippen LogP) is 4.04. The summed E-state index contributed by atoms with van der Waals surface area (Å²) in [5.41, 5.74) is 2.56. The van der Waals surface area contributed by atoms with Crippen molar-refractivity contribution in [2.45, 2.75) is 6.92 Å². The zero-order chi connectivity index (χ0) is 18.8. The van der Waals surface area contributed by atoms with Crippen molar-refractivity contribution in [3.8, 4) is 0 Å². The molecule has 27 heavy (non-hydrogen) atoms. The van der Waals surface area contributed by atoms with E-state index < -0.39 is 0 Å². The minimum Gasteiger partial charge on any atom is -0.369 e. The van der Waals surface area contributed by atoms with Crippen LogP contribution in [0.15, 0.2) is 46.7 Å². The summed E-state index contributed by atoms with van der Waals surface area (Å²) in [5, 5.41) is 2.01. The molecule has 7 heteroatoms. The Bertz CT molecular complexity index is 870. The third-order valence-electron chi connectivity index (χ3n) is 4.77. The van der Waals surface area contributed by atoms with Crippen LogP contribution in [0.25, 0.3) is 6.08 Å². The summed E-state index contributed by atoms with van der Waals surface area (Å²) in [7, 11) is 0. The topological polar surface area (TPSA) is 26.8 Å². The van der Waals surface area contributed by atoms with Crippen molar-refractivity contribution < 1.29 is 4.79 Å². The van der Waals surface area contributed by atoms with E-state index in [4.69, 9.17) is 12.2 Å². The minimum absolute atomic E-state index is 0.0273. The average Bonchev–Trinajstić information content (AvgIpc) is 3.27. The van der Waals surface area contributed by atoms with Crippen LogP contribution in [0.4, 0.5) is 5.69 Å². The van der Waals surface area contributed by atoms with Crippen LogP contribution in [0, 0.1) is 6.92 Å². The smallest absolute Gasteiger partial charge is 0.267 e. The highest BCUT2D eigenvalue weighted by Gasteiger charge is 2.33. The van der Waals surface area contributed by atoms with Gasteiger partial charge in [-0.2, -0.15) is 0 Å². The third-order valence-corrected chi connectivity index (χ3v) is 6.97. The molecule has 2 fully saturated rings. The van der Waals surface area contributed by atoms with Crippen molar-refractivity contribution in [3.63, 3.8) is 0 Å². The number of piperazine rings is 1. The van der Waals surface area contributed by atoms with Crippen molar-refractivity contribution in [1.29, 1.82) is 0 Å². The van der Waals surface area contributed by atoms with Crippen LogP contribution in [-0.4, -0.2) is 52.9 Å². The van der Waals surface area contributed by atoms with Gasteiger partial charge in [-0.3, -0.25) is 14.6 Å². The molecular formula is C20H21N3OS3. The maximum atomic E-state index is 12.8. The highest BCUT2D eigenvalue weighted by molar-refractivity contribution is 8.26. The number of aryl methyl sites for hydroxylation is 1. The first-order valence-electron chi connectivity index (χ1n) is 8.93. The van der Waals surface area contributed by atoms with Crippen LogP contribution in [-0.2, 0) is 4.79 Å². The molecule has 3 heterocycles. The van der Waals surface area contributed by atoms with E-state index in [0.717, 1.165) is 36.0 Å². The number of thiophene rings is 1. The molecule has 0 radical (unpaired) electrons. The molecule has 0 spiro atoms. The van der Waals surface area contributed by atoms with Gasteiger partial charge >= 0.3 is 0 Å². The van der Waals surface area contributed by atoms with Crippen molar-refractivity contribution in [1.82, 2.24) is 9.80 Å². The van der Waals surface area contributed by atoms with Gasteiger partial charge in [0.2, 0.25) is 0 Å². The molecule has 0 saturated carbocycles. The molecule has 2 aliphatic rings. The van der Waals surface area contributed by atoms with Crippen molar-refractivity contribution in [3.05, 3.63) is 57.1 Å². The molecule has 0 aliphatic carbocycles. The van der Waals surface area contributed by atoms with Crippen molar-refractivity contribution in [2.24, 2.45) is 0 Å². The number of thioether (sulfide) groups is 1. The van der Waals surface area contributed by atoms with Crippen LogP contribution in [0.2, 0.25) is 0 Å². The van der Waals surface area contributed by atoms with Crippen LogP contribution >= 0.6 is 35.3 Å². The van der Waals surface area contributed by atoms with E-state index in [1.165, 1.54) is 23.0 Å². The van der Waals surface area contributed by atoms with E-state index >= 15 is 0 Å². The summed E-state index contributed by atoms with van der Waals surface area (Å²) < 4.78 is 0.656. The zero-order valence-electron chi connectivity index (χ0n) is 15.1. The molecule has 1 amide bonds. The van der Waals surface area contributed by atoms with Gasteiger partial charge in [0.15, 0.2) is 0 Å². The van der Waals surface area contributed by atoms with Gasteiger partial charge in [-0.25, -0.2) is 0 Å². The molecule has 0 bridgehead atoms. The zero-order valence-corrected chi connectivity index (χ0v) is 17.6. The molecule has 0 atom stereocenters. The monoisotopic (exact) mass is 415 g/mol. The Morgan fingerprint density at radius 2 is 1.96 bits per heavy atom. The Labute approximate surface area is 173 Å². The molecule has 2 saturated heterocycles. The van der Waals surface area contributed by atoms with Crippen LogP contribution in [0.5, 0.6) is 0 Å². The Morgan fingerprint density at radius 3 is 2.67 bits per heavy atom. The number of rotatable bonds is 4. The van der Waals surface area contributed by atoms with Gasteiger partial charge in [-0.05, 0) is 42.1 Å². The number of hydrogen-bond acceptors (Lipinski definition) is 6. The van der Waals surface area contributed by atoms with E-state index in [0.29, 0.717) is 11.0 Å². The van der Waals surface area contributed by atoms with Crippen LogP contribution < -0.4 is 4.90 Å². The maximum Gasteiger partial charge on any atom is 0.267 e. The highest BCUT2D eigenvalue weighted by Crippen LogP contribution is 2.33. The van der Waals surface area contributed by atoms with E-state index in [-0.39, 0.29) is 5.91 Å². The van der Waals surface area contributed by atoms with E-state index in [1.54, 1.807) is 16.2 Å². The number of carbonyl (C=O) groups is 1. The maximum absolute atomic E-state index is 12.8. The van der Waals surface area contributed by atoms with E-state index in [1.807, 2.05) is 23.6 Å². The summed E-state index contributed by atoms with van der Waals surface area (Å²) in [4.78, 5) is 21.0. The Hall–Kier alpha value is -1.67. The number of thiocarbonyl (C=S) groups is 1. The Morgan fingerprint density at radius 1 is 1.15 bits per heavy atom. The molecule has 0 N–H and O–H groups in total. The van der Waals surface area contributed by atoms with Crippen molar-refractivity contribution >= 4 is 57.3 Å². The van der Waals surface area contributed by atoms with Gasteiger partial charge < -0.3 is 4.90 Å². The second kappa shape index (κ2) is 8.14. The minimum atomic E-state index is 0.0273. The lowest BCUT2D eigenvalue weighted by atomic mass is 10.2. The molecular weight excluding hydrogens is 394 g/mol. The van der Waals surface area contributed by atoms with E-state index in [2.05, 4.69) is 41.0 Å². The second-order valence-corrected chi connectivity index (χ2v) is 9.37. The Balaban J connectivity index is 1.36. The van der Waals surface area contributed by atoms with Gasteiger partial charge in [0.1, 0.15) is 4.32 Å². The largest absolute Gasteiger partial charge is 0.369 e. The molecule has 4 rings (SSSR count). The third kappa shape index (κ3) is 4.27. The summed E-state index contributed by atoms with van der Waals surface area (Å²) in [5.74, 6) is 0.0273. The summed E-state index contributed by atoms with van der Waals surface area (Å²) in [6.07, 6.45) is 1.94. The predicted molar refractivity (Wildman–Crippen MR) is 119 cm³/mol. The molecule has 140 valence electrons. The van der Waals surface area contributed by atoms with Crippen LogP contribution in [0.3, 0.4) is 0 Å². The Kier molecular flexibility index (Phi) is 5.63. The summed E-state index contributed by atoms with van der Waals surface area (Å²) in [6, 6.07) is 12.6. The molecule has 1 aromatic heterocycles. The summed E-state index contributed by atoms with van der Waals surface area (Å²) >= 11 is 8.50. The lowest BCUT2D eigenvalue weighted by molar-refractivity contribution is -0.123. The lowest BCUT2D eigenvalue weighted by Crippen LogP contribution is -2.50. The molecule has 4 nitrogen and oxygen atoms in total. The second-order valence-electron chi connectivity index (χ2n) is 6.71. The number of anilines is 1. The van der Waals surface area contributed by atoms with E-state index in [9.17, 15) is 4.79 Å². The molecule has 2 aromatic rings. The van der Waals surface area contributed by atoms with Gasteiger partial charge in [-0.1, -0.05) is 42.2 Å². The SMILES string of the molecule is Cc1cccc(N2CCN(CN3C(=O)C(=Cc4cccs4)SC3=S)CC2)c1. The quantitative estimate of drug-likeness (QED) is 0.555. The number of amides is 1. The standard InChI is InChI=1S/C20H21N3OS3/c1-15-4-2-5-16(12-15)22-9-7-21(8-10-22)14-23-19(24)18(27-20(23)25)13-17-6-3-11-26-17/h2-6,11-13H,7-10,14H2,1H3. The van der Waals surface area contributed by atoms with Crippen LogP contribution in [0.1, 0.15) is 10.4 Å². The number of nitrogens with zero attached hydrogens (tertiary/aromatic N) is 3. The summed E-state index contributed by atoms with van der Waals surface area (Å²) in [6.45, 7) is 6.48. The number of benzene rings is 1. The number of hydrogen-bond donors (Lipinski definition) is 0. The first-order chi connectivity index (χ1) is 13.1. The first-order valence-corrected chi connectivity index (χ1v) is 11.0. The molecule has 1 aromatic carbocycles. The fourth-order valence-corrected chi connectivity index (χ4v) is 5.26. The number of carbonyl (C=O) groups excluding carboxylic acids is 1. The fraction of sp³-hybridized carbons (Fsp3) is 0.300. The molecule has 0 unspecified atom stereocenters. The normalized spacial score (nSPS) is 20.1. The molecule has 2 aliphatic heterocycles. The lowest BCUT2D eigenvalue weighted by Gasteiger charge is -2.37. The first kappa shape index (κ1) is 18.7. The highest BCUT2D eigenvalue weighted by atomic mass is 32.2. The van der Waals surface area contributed by atoms with Gasteiger partial charge in [0.05, 0.1) is 11.6 Å². The van der Waals surface area contributed by atoms with Gasteiger partial charge in [0.25, 0.3) is 5.91 Å². The van der Waals surface area contributed by atoms with Gasteiger partial charge in [-0.15, -0.1) is 11.3 Å².